The Morgan fingerprint density at radius 3 is 2.82 bits per heavy atom. The summed E-state index contributed by atoms with van der Waals surface area (Å²) in [5, 5.41) is 11.2. The van der Waals surface area contributed by atoms with Gasteiger partial charge in [0.2, 0.25) is 5.91 Å². The zero-order valence-corrected chi connectivity index (χ0v) is 20.1. The summed E-state index contributed by atoms with van der Waals surface area (Å²) < 4.78 is 5.40. The molecule has 0 bridgehead atoms. The van der Waals surface area contributed by atoms with Crippen LogP contribution in [0.4, 0.5) is 5.13 Å². The smallest absolute Gasteiger partial charge is 0.262 e. The lowest BCUT2D eigenvalue weighted by Crippen LogP contribution is -2.45. The first-order chi connectivity index (χ1) is 16.7. The van der Waals surface area contributed by atoms with E-state index in [-0.39, 0.29) is 11.8 Å². The summed E-state index contributed by atoms with van der Waals surface area (Å²) >= 11 is 2.74. The summed E-state index contributed by atoms with van der Waals surface area (Å²) in [4.78, 5) is 36.7. The number of nitrogens with one attached hydrogen (secondary N) is 3. The molecule has 1 atom stereocenters. The number of para-hydroxylation sites is 1. The number of nitrogens with zero attached hydrogens (tertiary/aromatic N) is 2. The minimum Gasteiger partial charge on any atom is -0.379 e. The maximum atomic E-state index is 13.3. The van der Waals surface area contributed by atoms with Gasteiger partial charge in [0.25, 0.3) is 5.91 Å². The summed E-state index contributed by atoms with van der Waals surface area (Å²) in [7, 11) is 0. The van der Waals surface area contributed by atoms with E-state index in [1.807, 2.05) is 47.3 Å². The summed E-state index contributed by atoms with van der Waals surface area (Å²) in [5.41, 5.74) is 2.88. The van der Waals surface area contributed by atoms with E-state index >= 15 is 0 Å². The maximum absolute atomic E-state index is 13.3. The van der Waals surface area contributed by atoms with Crippen molar-refractivity contribution in [2.24, 2.45) is 0 Å². The van der Waals surface area contributed by atoms with E-state index in [9.17, 15) is 9.59 Å². The van der Waals surface area contributed by atoms with E-state index in [0.717, 1.165) is 55.0 Å². The zero-order chi connectivity index (χ0) is 23.3. The third-order valence-corrected chi connectivity index (χ3v) is 7.41. The molecule has 1 fully saturated rings. The van der Waals surface area contributed by atoms with Crippen molar-refractivity contribution < 1.29 is 14.3 Å². The number of rotatable bonds is 8. The molecule has 0 aliphatic carbocycles. The third-order valence-electron chi connectivity index (χ3n) is 5.74. The number of aromatic amines is 1. The number of hydrogen-bond donors (Lipinski definition) is 3. The molecular formula is C24H25N5O3S2. The van der Waals surface area contributed by atoms with Gasteiger partial charge >= 0.3 is 0 Å². The van der Waals surface area contributed by atoms with E-state index < -0.39 is 6.04 Å². The monoisotopic (exact) mass is 495 g/mol. The number of fused-ring (bicyclic) bond motifs is 1. The molecule has 10 heteroatoms. The van der Waals surface area contributed by atoms with Crippen molar-refractivity contribution in [2.75, 3.05) is 31.6 Å². The number of H-pyrrole nitrogens is 1. The summed E-state index contributed by atoms with van der Waals surface area (Å²) in [5.74, 6) is -0.551. The van der Waals surface area contributed by atoms with Crippen LogP contribution >= 0.6 is 22.7 Å². The average Bonchev–Trinajstić information content (AvgIpc) is 3.61. The van der Waals surface area contributed by atoms with Gasteiger partial charge in [0.15, 0.2) is 5.13 Å². The lowest BCUT2D eigenvalue weighted by atomic mass is 10.0. The maximum Gasteiger partial charge on any atom is 0.262 e. The van der Waals surface area contributed by atoms with Crippen LogP contribution in [0.15, 0.2) is 53.4 Å². The molecule has 4 aromatic rings. The zero-order valence-electron chi connectivity index (χ0n) is 18.5. The van der Waals surface area contributed by atoms with Gasteiger partial charge in [-0.3, -0.25) is 14.5 Å². The van der Waals surface area contributed by atoms with E-state index in [4.69, 9.17) is 4.74 Å². The molecule has 1 aliphatic rings. The fraction of sp³-hybridized carbons (Fsp3) is 0.292. The Hall–Kier alpha value is -3.05. The van der Waals surface area contributed by atoms with Gasteiger partial charge in [0.1, 0.15) is 6.04 Å². The SMILES string of the molecule is O=C(N[C@@H](Cc1c[nH]c2ccccc12)C(=O)Nc1nc(CN2CCOCC2)cs1)c1cccs1. The number of thiophene rings is 1. The molecule has 1 aliphatic heterocycles. The largest absolute Gasteiger partial charge is 0.379 e. The fourth-order valence-electron chi connectivity index (χ4n) is 3.98. The molecule has 34 heavy (non-hydrogen) atoms. The molecule has 3 aromatic heterocycles. The van der Waals surface area contributed by atoms with Crippen molar-refractivity contribution >= 4 is 50.5 Å². The minimum absolute atomic E-state index is 0.262. The molecule has 1 aromatic carbocycles. The van der Waals surface area contributed by atoms with Crippen molar-refractivity contribution in [1.82, 2.24) is 20.2 Å². The highest BCUT2D eigenvalue weighted by atomic mass is 32.1. The molecule has 3 N–H and O–H groups in total. The quantitative estimate of drug-likeness (QED) is 0.348. The molecule has 8 nitrogen and oxygen atoms in total. The number of carbonyl (C=O) groups is 2. The van der Waals surface area contributed by atoms with Gasteiger partial charge < -0.3 is 20.4 Å². The standard InChI is InChI=1S/C24H25N5O3S2/c30-22(28-24-26-17(15-34-24)14-29-7-9-32-10-8-29)20(27-23(31)21-6-3-11-33-21)12-16-13-25-19-5-2-1-4-18(16)19/h1-6,11,13,15,20,25H,7-10,12,14H2,(H,27,31)(H,26,28,30)/t20-/m0/s1. The van der Waals surface area contributed by atoms with Crippen molar-refractivity contribution in [3.63, 3.8) is 0 Å². The van der Waals surface area contributed by atoms with Gasteiger partial charge in [0, 0.05) is 48.5 Å². The number of ether oxygens (including phenoxy) is 1. The summed E-state index contributed by atoms with van der Waals surface area (Å²) in [6.45, 7) is 3.94. The van der Waals surface area contributed by atoms with E-state index in [1.54, 1.807) is 6.07 Å². The molecule has 0 radical (unpaired) electrons. The second-order valence-corrected chi connectivity index (χ2v) is 9.89. The first-order valence-electron chi connectivity index (χ1n) is 11.1. The molecule has 0 spiro atoms. The summed E-state index contributed by atoms with van der Waals surface area (Å²) in [6, 6.07) is 10.7. The minimum atomic E-state index is -0.750. The highest BCUT2D eigenvalue weighted by molar-refractivity contribution is 7.14. The molecule has 176 valence electrons. The van der Waals surface area contributed by atoms with Crippen molar-refractivity contribution in [2.45, 2.75) is 19.0 Å². The van der Waals surface area contributed by atoms with E-state index in [0.29, 0.717) is 16.4 Å². The average molecular weight is 496 g/mol. The Morgan fingerprint density at radius 1 is 1.15 bits per heavy atom. The van der Waals surface area contributed by atoms with E-state index in [2.05, 4.69) is 25.5 Å². The van der Waals surface area contributed by atoms with Gasteiger partial charge in [-0.1, -0.05) is 24.3 Å². The van der Waals surface area contributed by atoms with Crippen molar-refractivity contribution in [1.29, 1.82) is 0 Å². The Bertz CT molecular complexity index is 1260. The van der Waals surface area contributed by atoms with Gasteiger partial charge in [-0.15, -0.1) is 22.7 Å². The number of thiazole rings is 1. The fourth-order valence-corrected chi connectivity index (χ4v) is 5.32. The topological polar surface area (TPSA) is 99.3 Å². The molecular weight excluding hydrogens is 470 g/mol. The number of amides is 2. The van der Waals surface area contributed by atoms with Gasteiger partial charge in [-0.05, 0) is 23.1 Å². The highest BCUT2D eigenvalue weighted by Crippen LogP contribution is 2.21. The Balaban J connectivity index is 1.30. The second kappa shape index (κ2) is 10.5. The lowest BCUT2D eigenvalue weighted by molar-refractivity contribution is -0.118. The number of carbonyl (C=O) groups excluding carboxylic acids is 2. The van der Waals surface area contributed by atoms with E-state index in [1.165, 1.54) is 22.7 Å². The number of morpholine rings is 1. The Labute approximate surface area is 205 Å². The molecule has 5 rings (SSSR count). The molecule has 0 unspecified atom stereocenters. The van der Waals surface area contributed by atoms with Crippen LogP contribution in [-0.2, 0) is 22.5 Å². The van der Waals surface area contributed by atoms with Crippen molar-refractivity contribution in [3.05, 3.63) is 69.5 Å². The first-order valence-corrected chi connectivity index (χ1v) is 12.9. The van der Waals surface area contributed by atoms with Crippen LogP contribution in [-0.4, -0.2) is 59.0 Å². The van der Waals surface area contributed by atoms with Crippen LogP contribution in [0.25, 0.3) is 10.9 Å². The third kappa shape index (κ3) is 5.36. The normalized spacial score (nSPS) is 15.3. The van der Waals surface area contributed by atoms with Crippen LogP contribution in [0.2, 0.25) is 0 Å². The van der Waals surface area contributed by atoms with Crippen LogP contribution in [0.5, 0.6) is 0 Å². The molecule has 4 heterocycles. The molecule has 1 saturated heterocycles. The second-order valence-electron chi connectivity index (χ2n) is 8.09. The molecule has 0 saturated carbocycles. The number of hydrogen-bond acceptors (Lipinski definition) is 7. The van der Waals surface area contributed by atoms with Gasteiger partial charge in [-0.2, -0.15) is 0 Å². The summed E-state index contributed by atoms with van der Waals surface area (Å²) in [6.07, 6.45) is 2.26. The van der Waals surface area contributed by atoms with Gasteiger partial charge in [0.05, 0.1) is 23.8 Å². The first kappa shape index (κ1) is 22.7. The molecule has 2 amide bonds. The van der Waals surface area contributed by atoms with Gasteiger partial charge in [-0.25, -0.2) is 4.98 Å². The van der Waals surface area contributed by atoms with Crippen LogP contribution in [0.3, 0.4) is 0 Å². The highest BCUT2D eigenvalue weighted by Gasteiger charge is 2.25. The Morgan fingerprint density at radius 2 is 2.00 bits per heavy atom. The predicted octanol–water partition coefficient (Wildman–Crippen LogP) is 3.50. The lowest BCUT2D eigenvalue weighted by Gasteiger charge is -2.25. The number of anilines is 1. The van der Waals surface area contributed by atoms with Crippen LogP contribution in [0.1, 0.15) is 20.9 Å². The van der Waals surface area contributed by atoms with Crippen LogP contribution < -0.4 is 10.6 Å². The van der Waals surface area contributed by atoms with Crippen molar-refractivity contribution in [3.8, 4) is 0 Å². The number of aromatic nitrogens is 2. The number of benzene rings is 1. The Kier molecular flexibility index (Phi) is 7.00. The predicted molar refractivity (Wildman–Crippen MR) is 134 cm³/mol. The van der Waals surface area contributed by atoms with Crippen LogP contribution in [0, 0.1) is 0 Å².